The van der Waals surface area contributed by atoms with E-state index in [2.05, 4.69) is 22.3 Å². The van der Waals surface area contributed by atoms with Crippen LogP contribution in [0.1, 0.15) is 30.9 Å². The van der Waals surface area contributed by atoms with Crippen molar-refractivity contribution in [1.82, 2.24) is 10.2 Å². The van der Waals surface area contributed by atoms with Crippen molar-refractivity contribution in [2.75, 3.05) is 40.4 Å². The molecular formula is C17H28Cl2N2O2. The molecular weight excluding hydrogens is 335 g/mol. The Bertz CT molecular complexity index is 455. The van der Waals surface area contributed by atoms with Crippen LogP contribution in [-0.4, -0.2) is 45.3 Å². The highest BCUT2D eigenvalue weighted by Crippen LogP contribution is 2.47. The van der Waals surface area contributed by atoms with Gasteiger partial charge in [0.15, 0.2) is 0 Å². The summed E-state index contributed by atoms with van der Waals surface area (Å²) in [6.07, 6.45) is 3.98. The molecule has 1 aliphatic heterocycles. The molecule has 1 aromatic rings. The highest BCUT2D eigenvalue weighted by molar-refractivity contribution is 5.85. The molecule has 6 heteroatoms. The minimum Gasteiger partial charge on any atom is -0.496 e. The van der Waals surface area contributed by atoms with Gasteiger partial charge in [0.2, 0.25) is 0 Å². The maximum absolute atomic E-state index is 5.66. The average molecular weight is 363 g/mol. The van der Waals surface area contributed by atoms with E-state index < -0.39 is 0 Å². The molecule has 0 aromatic heterocycles. The van der Waals surface area contributed by atoms with Gasteiger partial charge in [-0.2, -0.15) is 0 Å². The van der Waals surface area contributed by atoms with Crippen LogP contribution in [-0.2, 0) is 0 Å². The zero-order chi connectivity index (χ0) is 14.7. The summed E-state index contributed by atoms with van der Waals surface area (Å²) < 4.78 is 11.3. The van der Waals surface area contributed by atoms with E-state index in [0.717, 1.165) is 43.6 Å². The molecule has 3 rings (SSSR count). The van der Waals surface area contributed by atoms with Gasteiger partial charge in [-0.1, -0.05) is 12.5 Å². The third-order valence-corrected chi connectivity index (χ3v) is 4.90. The van der Waals surface area contributed by atoms with E-state index in [0.29, 0.717) is 6.04 Å². The molecule has 1 saturated heterocycles. The lowest BCUT2D eigenvalue weighted by Gasteiger charge is -2.44. The number of methoxy groups -OCH3 is 2. The molecule has 23 heavy (non-hydrogen) atoms. The van der Waals surface area contributed by atoms with Crippen molar-refractivity contribution < 1.29 is 9.47 Å². The number of nitrogens with one attached hydrogen (secondary N) is 1. The van der Waals surface area contributed by atoms with Gasteiger partial charge in [0, 0.05) is 32.2 Å². The first kappa shape index (κ1) is 20.4. The van der Waals surface area contributed by atoms with Crippen molar-refractivity contribution in [3.05, 3.63) is 23.8 Å². The number of piperazine rings is 1. The van der Waals surface area contributed by atoms with E-state index in [4.69, 9.17) is 9.47 Å². The predicted molar refractivity (Wildman–Crippen MR) is 98.6 cm³/mol. The van der Waals surface area contributed by atoms with Crippen LogP contribution < -0.4 is 14.8 Å². The number of halogens is 2. The van der Waals surface area contributed by atoms with Crippen LogP contribution in [0.4, 0.5) is 0 Å². The van der Waals surface area contributed by atoms with Crippen LogP contribution in [0.15, 0.2) is 18.2 Å². The zero-order valence-electron chi connectivity index (χ0n) is 13.9. The minimum absolute atomic E-state index is 0. The Labute approximate surface area is 151 Å². The fraction of sp³-hybridized carbons (Fsp3) is 0.647. The third kappa shape index (κ3) is 4.24. The van der Waals surface area contributed by atoms with Crippen molar-refractivity contribution in [1.29, 1.82) is 0 Å². The Kier molecular flexibility index (Phi) is 8.48. The minimum atomic E-state index is 0. The van der Waals surface area contributed by atoms with Gasteiger partial charge in [-0.25, -0.2) is 0 Å². The standard InChI is InChI=1S/C17H26N2O2.2ClH/c1-20-14-7-4-8-15(21-2)16(14)17(13-5-3-6-13)19-11-9-18-10-12-19;;/h4,7-8,13,17-18H,3,5-6,9-12H2,1-2H3;2*1H/t17-;;/m1../s1. The maximum Gasteiger partial charge on any atom is 0.127 e. The highest BCUT2D eigenvalue weighted by atomic mass is 35.5. The Morgan fingerprint density at radius 2 is 1.61 bits per heavy atom. The van der Waals surface area contributed by atoms with Crippen molar-refractivity contribution in [3.8, 4) is 11.5 Å². The molecule has 1 N–H and O–H groups in total. The van der Waals surface area contributed by atoms with Gasteiger partial charge in [-0.15, -0.1) is 24.8 Å². The van der Waals surface area contributed by atoms with Gasteiger partial charge >= 0.3 is 0 Å². The lowest BCUT2D eigenvalue weighted by atomic mass is 9.75. The van der Waals surface area contributed by atoms with E-state index in [1.165, 1.54) is 24.8 Å². The van der Waals surface area contributed by atoms with Crippen molar-refractivity contribution in [2.45, 2.75) is 25.3 Å². The monoisotopic (exact) mass is 362 g/mol. The molecule has 0 unspecified atom stereocenters. The van der Waals surface area contributed by atoms with Crippen LogP contribution in [0, 0.1) is 5.92 Å². The molecule has 0 radical (unpaired) electrons. The lowest BCUT2D eigenvalue weighted by Crippen LogP contribution is -2.48. The second-order valence-corrected chi connectivity index (χ2v) is 6.00. The van der Waals surface area contributed by atoms with Crippen molar-refractivity contribution >= 4 is 24.8 Å². The topological polar surface area (TPSA) is 33.7 Å². The number of hydrogen-bond acceptors (Lipinski definition) is 4. The number of nitrogens with zero attached hydrogens (tertiary/aromatic N) is 1. The summed E-state index contributed by atoms with van der Waals surface area (Å²) in [4.78, 5) is 2.61. The molecule has 132 valence electrons. The third-order valence-electron chi connectivity index (χ3n) is 4.90. The van der Waals surface area contributed by atoms with Crippen LogP contribution in [0.25, 0.3) is 0 Å². The molecule has 1 atom stereocenters. The quantitative estimate of drug-likeness (QED) is 0.871. The summed E-state index contributed by atoms with van der Waals surface area (Å²) in [5, 5.41) is 3.45. The van der Waals surface area contributed by atoms with Crippen molar-refractivity contribution in [2.24, 2.45) is 5.92 Å². The summed E-state index contributed by atoms with van der Waals surface area (Å²) in [5.41, 5.74) is 1.24. The van der Waals surface area contributed by atoms with E-state index in [9.17, 15) is 0 Å². The molecule has 0 spiro atoms. The molecule has 0 amide bonds. The number of benzene rings is 1. The Balaban J connectivity index is 0.00000132. The zero-order valence-corrected chi connectivity index (χ0v) is 15.5. The first-order valence-electron chi connectivity index (χ1n) is 8.01. The molecule has 4 nitrogen and oxygen atoms in total. The van der Waals surface area contributed by atoms with Crippen LogP contribution in [0.2, 0.25) is 0 Å². The number of ether oxygens (including phenoxy) is 2. The largest absolute Gasteiger partial charge is 0.496 e. The molecule has 0 bridgehead atoms. The fourth-order valence-corrected chi connectivity index (χ4v) is 3.60. The molecule has 2 aliphatic rings. The summed E-state index contributed by atoms with van der Waals surface area (Å²) in [6, 6.07) is 6.56. The molecule has 1 heterocycles. The van der Waals surface area contributed by atoms with Gasteiger partial charge < -0.3 is 14.8 Å². The smallest absolute Gasteiger partial charge is 0.127 e. The van der Waals surface area contributed by atoms with Gasteiger partial charge in [-0.3, -0.25) is 4.90 Å². The van der Waals surface area contributed by atoms with E-state index in [1.807, 2.05) is 6.07 Å². The average Bonchev–Trinajstić information content (AvgIpc) is 2.50. The molecule has 1 aromatic carbocycles. The fourth-order valence-electron chi connectivity index (χ4n) is 3.60. The molecule has 1 saturated carbocycles. The molecule has 2 fully saturated rings. The van der Waals surface area contributed by atoms with Crippen LogP contribution in [0.5, 0.6) is 11.5 Å². The Morgan fingerprint density at radius 1 is 1.04 bits per heavy atom. The lowest BCUT2D eigenvalue weighted by molar-refractivity contribution is 0.0799. The first-order valence-corrected chi connectivity index (χ1v) is 8.01. The van der Waals surface area contributed by atoms with E-state index >= 15 is 0 Å². The summed E-state index contributed by atoms with van der Waals surface area (Å²) >= 11 is 0. The highest BCUT2D eigenvalue weighted by Gasteiger charge is 2.36. The number of hydrogen-bond donors (Lipinski definition) is 1. The SMILES string of the molecule is COc1cccc(OC)c1[C@@H](C1CCC1)N1CCNCC1.Cl.Cl. The van der Waals surface area contributed by atoms with Crippen LogP contribution in [0.3, 0.4) is 0 Å². The van der Waals surface area contributed by atoms with E-state index in [1.54, 1.807) is 14.2 Å². The number of rotatable bonds is 5. The van der Waals surface area contributed by atoms with Crippen molar-refractivity contribution in [3.63, 3.8) is 0 Å². The first-order chi connectivity index (χ1) is 10.3. The normalized spacial score (nSPS) is 19.7. The second-order valence-electron chi connectivity index (χ2n) is 6.00. The maximum atomic E-state index is 5.66. The molecule has 1 aliphatic carbocycles. The van der Waals surface area contributed by atoms with E-state index in [-0.39, 0.29) is 24.8 Å². The second kappa shape index (κ2) is 9.58. The summed E-state index contributed by atoms with van der Waals surface area (Å²) in [7, 11) is 3.52. The van der Waals surface area contributed by atoms with Gasteiger partial charge in [0.25, 0.3) is 0 Å². The van der Waals surface area contributed by atoms with Gasteiger partial charge in [0.1, 0.15) is 11.5 Å². The predicted octanol–water partition coefficient (Wildman–Crippen LogP) is 3.29. The summed E-state index contributed by atoms with van der Waals surface area (Å²) in [6.45, 7) is 4.34. The summed E-state index contributed by atoms with van der Waals surface area (Å²) in [5.74, 6) is 2.66. The van der Waals surface area contributed by atoms with Crippen LogP contribution >= 0.6 is 24.8 Å². The van der Waals surface area contributed by atoms with Gasteiger partial charge in [-0.05, 0) is 30.9 Å². The Hall–Kier alpha value is -0.680. The Morgan fingerprint density at radius 3 is 2.04 bits per heavy atom. The van der Waals surface area contributed by atoms with Gasteiger partial charge in [0.05, 0.1) is 19.8 Å².